The Bertz CT molecular complexity index is 1060. The van der Waals surface area contributed by atoms with E-state index in [1.54, 1.807) is 13.2 Å². The molecule has 26 heavy (non-hydrogen) atoms. The lowest BCUT2D eigenvalue weighted by Gasteiger charge is -2.13. The Balaban J connectivity index is 1.89. The standard InChI is InChI=1S/C21H16N2O3/c1-13(12-22)26-21(24)19-16-6-2-3-7-18(16)23-20-14(8-9-17(19)20)11-15-5-4-10-25-15/h2-7,10-11,13H,8-9H2,1H3/b14-11+/t13-/m1/s1. The summed E-state index contributed by atoms with van der Waals surface area (Å²) in [6.07, 6.45) is 4.26. The smallest absolute Gasteiger partial charge is 0.340 e. The van der Waals surface area contributed by atoms with Crippen LogP contribution in [0.3, 0.4) is 0 Å². The van der Waals surface area contributed by atoms with E-state index < -0.39 is 12.1 Å². The van der Waals surface area contributed by atoms with Crippen molar-refractivity contribution in [1.29, 1.82) is 5.26 Å². The van der Waals surface area contributed by atoms with Gasteiger partial charge in [0.05, 0.1) is 23.0 Å². The van der Waals surface area contributed by atoms with Crippen molar-refractivity contribution in [1.82, 2.24) is 4.98 Å². The van der Waals surface area contributed by atoms with Crippen LogP contribution in [0.5, 0.6) is 0 Å². The average Bonchev–Trinajstić information content (AvgIpc) is 3.30. The molecule has 0 spiro atoms. The van der Waals surface area contributed by atoms with E-state index in [0.29, 0.717) is 12.0 Å². The minimum atomic E-state index is -0.801. The highest BCUT2D eigenvalue weighted by atomic mass is 16.5. The lowest BCUT2D eigenvalue weighted by atomic mass is 10.0. The topological polar surface area (TPSA) is 76.1 Å². The second-order valence-electron chi connectivity index (χ2n) is 6.19. The fraction of sp³-hybridized carbons (Fsp3) is 0.190. The fourth-order valence-corrected chi connectivity index (χ4v) is 3.30. The van der Waals surface area contributed by atoms with Crippen LogP contribution in [0.25, 0.3) is 22.6 Å². The molecular formula is C21H16N2O3. The number of aromatic nitrogens is 1. The maximum absolute atomic E-state index is 12.8. The number of nitrogens with zero attached hydrogens (tertiary/aromatic N) is 2. The Hall–Kier alpha value is -3.39. The van der Waals surface area contributed by atoms with Crippen molar-refractivity contribution < 1.29 is 13.9 Å². The van der Waals surface area contributed by atoms with Crippen LogP contribution >= 0.6 is 0 Å². The van der Waals surface area contributed by atoms with Gasteiger partial charge in [0.25, 0.3) is 0 Å². The van der Waals surface area contributed by atoms with E-state index in [1.807, 2.05) is 48.5 Å². The molecule has 0 N–H and O–H groups in total. The number of hydrogen-bond acceptors (Lipinski definition) is 5. The van der Waals surface area contributed by atoms with E-state index in [0.717, 1.165) is 39.9 Å². The summed E-state index contributed by atoms with van der Waals surface area (Å²) < 4.78 is 10.7. The summed E-state index contributed by atoms with van der Waals surface area (Å²) in [4.78, 5) is 17.5. The molecule has 0 saturated heterocycles. The number of benzene rings is 1. The number of nitriles is 1. The number of rotatable bonds is 3. The van der Waals surface area contributed by atoms with Gasteiger partial charge in [-0.05, 0) is 55.2 Å². The Kier molecular flexibility index (Phi) is 4.02. The minimum Gasteiger partial charge on any atom is -0.465 e. The van der Waals surface area contributed by atoms with Crippen LogP contribution in [0.15, 0.2) is 47.1 Å². The molecule has 1 aromatic carbocycles. The molecule has 1 atom stereocenters. The molecule has 0 saturated carbocycles. The van der Waals surface area contributed by atoms with Crippen molar-refractivity contribution in [2.45, 2.75) is 25.9 Å². The highest BCUT2D eigenvalue weighted by Crippen LogP contribution is 2.37. The molecule has 3 aromatic rings. The Morgan fingerprint density at radius 1 is 1.31 bits per heavy atom. The van der Waals surface area contributed by atoms with Gasteiger partial charge in [0.2, 0.25) is 0 Å². The molecule has 0 radical (unpaired) electrons. The Labute approximate surface area is 150 Å². The fourth-order valence-electron chi connectivity index (χ4n) is 3.30. The number of furan rings is 1. The van der Waals surface area contributed by atoms with Gasteiger partial charge in [-0.2, -0.15) is 5.26 Å². The van der Waals surface area contributed by atoms with Crippen LogP contribution in [-0.2, 0) is 11.2 Å². The first-order chi connectivity index (χ1) is 12.7. The third-order valence-corrected chi connectivity index (χ3v) is 4.47. The molecule has 1 aliphatic rings. The first-order valence-electron chi connectivity index (χ1n) is 8.44. The first-order valence-corrected chi connectivity index (χ1v) is 8.44. The van der Waals surface area contributed by atoms with Crippen molar-refractivity contribution in [2.24, 2.45) is 0 Å². The first kappa shape index (κ1) is 16.1. The van der Waals surface area contributed by atoms with Crippen molar-refractivity contribution in [3.8, 4) is 6.07 Å². The molecule has 2 heterocycles. The van der Waals surface area contributed by atoms with Gasteiger partial charge in [-0.1, -0.05) is 18.2 Å². The summed E-state index contributed by atoms with van der Waals surface area (Å²) in [5.41, 5.74) is 3.95. The van der Waals surface area contributed by atoms with Crippen molar-refractivity contribution in [3.63, 3.8) is 0 Å². The predicted octanol–water partition coefficient (Wildman–Crippen LogP) is 4.38. The quantitative estimate of drug-likeness (QED) is 0.659. The summed E-state index contributed by atoms with van der Waals surface area (Å²) in [5.74, 6) is 0.276. The SMILES string of the molecule is C[C@H](C#N)OC(=O)c1c2c(nc3ccccc13)/C(=C/c1ccco1)CC2. The molecule has 128 valence electrons. The number of hydrogen-bond donors (Lipinski definition) is 0. The number of carbonyl (C=O) groups excluding carboxylic acids is 1. The zero-order valence-electron chi connectivity index (χ0n) is 14.2. The molecule has 0 bridgehead atoms. The van der Waals surface area contributed by atoms with E-state index in [-0.39, 0.29) is 0 Å². The van der Waals surface area contributed by atoms with E-state index in [9.17, 15) is 4.79 Å². The van der Waals surface area contributed by atoms with E-state index in [4.69, 9.17) is 19.4 Å². The summed E-state index contributed by atoms with van der Waals surface area (Å²) in [7, 11) is 0. The summed E-state index contributed by atoms with van der Waals surface area (Å²) in [6, 6.07) is 13.2. The van der Waals surface area contributed by atoms with Crippen LogP contribution in [0, 0.1) is 11.3 Å². The van der Waals surface area contributed by atoms with Gasteiger partial charge >= 0.3 is 5.97 Å². The monoisotopic (exact) mass is 344 g/mol. The number of esters is 1. The van der Waals surface area contributed by atoms with Crippen LogP contribution < -0.4 is 0 Å². The second-order valence-corrected chi connectivity index (χ2v) is 6.19. The maximum atomic E-state index is 12.8. The number of allylic oxidation sites excluding steroid dienone is 1. The van der Waals surface area contributed by atoms with Crippen LogP contribution in [0.4, 0.5) is 0 Å². The van der Waals surface area contributed by atoms with Crippen LogP contribution in [0.2, 0.25) is 0 Å². The third-order valence-electron chi connectivity index (χ3n) is 4.47. The summed E-state index contributed by atoms with van der Waals surface area (Å²) >= 11 is 0. The maximum Gasteiger partial charge on any atom is 0.340 e. The van der Waals surface area contributed by atoms with Crippen LogP contribution in [0.1, 0.15) is 40.7 Å². The molecule has 0 unspecified atom stereocenters. The summed E-state index contributed by atoms with van der Waals surface area (Å²) in [5, 5.41) is 9.71. The highest BCUT2D eigenvalue weighted by Gasteiger charge is 2.28. The average molecular weight is 344 g/mol. The molecule has 0 aliphatic heterocycles. The van der Waals surface area contributed by atoms with Gasteiger partial charge in [-0.3, -0.25) is 0 Å². The number of carbonyl (C=O) groups is 1. The molecule has 5 heteroatoms. The summed E-state index contributed by atoms with van der Waals surface area (Å²) in [6.45, 7) is 1.56. The van der Waals surface area contributed by atoms with Crippen molar-refractivity contribution >= 4 is 28.5 Å². The number of ether oxygens (including phenoxy) is 1. The lowest BCUT2D eigenvalue weighted by Crippen LogP contribution is -2.16. The van der Waals surface area contributed by atoms with E-state index in [2.05, 4.69) is 0 Å². The molecular weight excluding hydrogens is 328 g/mol. The molecule has 0 fully saturated rings. The third kappa shape index (κ3) is 2.76. The Morgan fingerprint density at radius 2 is 2.15 bits per heavy atom. The Morgan fingerprint density at radius 3 is 2.92 bits per heavy atom. The zero-order chi connectivity index (χ0) is 18.1. The van der Waals surface area contributed by atoms with Crippen LogP contribution in [-0.4, -0.2) is 17.1 Å². The molecule has 0 amide bonds. The normalized spacial score (nSPS) is 15.6. The number of pyridine rings is 1. The van der Waals surface area contributed by atoms with Gasteiger partial charge in [0, 0.05) is 5.39 Å². The van der Waals surface area contributed by atoms with Gasteiger partial charge < -0.3 is 9.15 Å². The molecule has 5 nitrogen and oxygen atoms in total. The zero-order valence-corrected chi connectivity index (χ0v) is 14.2. The lowest BCUT2D eigenvalue weighted by molar-refractivity contribution is 0.0436. The van der Waals surface area contributed by atoms with Gasteiger partial charge in [-0.15, -0.1) is 0 Å². The molecule has 1 aliphatic carbocycles. The van der Waals surface area contributed by atoms with Gasteiger partial charge in [-0.25, -0.2) is 9.78 Å². The largest absolute Gasteiger partial charge is 0.465 e. The van der Waals surface area contributed by atoms with E-state index >= 15 is 0 Å². The van der Waals surface area contributed by atoms with Gasteiger partial charge in [0.15, 0.2) is 6.10 Å². The predicted molar refractivity (Wildman–Crippen MR) is 97.1 cm³/mol. The van der Waals surface area contributed by atoms with E-state index in [1.165, 1.54) is 0 Å². The van der Waals surface area contributed by atoms with Crippen molar-refractivity contribution in [3.05, 3.63) is 65.2 Å². The molecule has 4 rings (SSSR count). The molecule has 2 aromatic heterocycles. The number of para-hydroxylation sites is 1. The van der Waals surface area contributed by atoms with Crippen molar-refractivity contribution in [2.75, 3.05) is 0 Å². The highest BCUT2D eigenvalue weighted by molar-refractivity contribution is 6.07. The minimum absolute atomic E-state index is 0.479. The second kappa shape index (κ2) is 6.49. The van der Waals surface area contributed by atoms with Gasteiger partial charge in [0.1, 0.15) is 11.8 Å². The number of fused-ring (bicyclic) bond motifs is 2.